The zero-order valence-corrected chi connectivity index (χ0v) is 10.6. The van der Waals surface area contributed by atoms with E-state index < -0.39 is 0 Å². The first kappa shape index (κ1) is 12.6. The summed E-state index contributed by atoms with van der Waals surface area (Å²) in [6.07, 6.45) is 3.65. The molecule has 17 heavy (non-hydrogen) atoms. The van der Waals surface area contributed by atoms with Crippen LogP contribution in [0.3, 0.4) is 0 Å². The number of morpholine rings is 1. The first-order valence-electron chi connectivity index (χ1n) is 6.67. The van der Waals surface area contributed by atoms with Gasteiger partial charge in [0.15, 0.2) is 0 Å². The summed E-state index contributed by atoms with van der Waals surface area (Å²) >= 11 is 0. The quantitative estimate of drug-likeness (QED) is 0.756. The summed E-state index contributed by atoms with van der Waals surface area (Å²) in [5.74, 6) is 0. The van der Waals surface area contributed by atoms with E-state index in [-0.39, 0.29) is 12.1 Å². The molecule has 2 unspecified atom stereocenters. The molecule has 0 radical (unpaired) electrons. The molecule has 0 spiro atoms. The van der Waals surface area contributed by atoms with Gasteiger partial charge in [0.1, 0.15) is 0 Å². The van der Waals surface area contributed by atoms with Crippen LogP contribution in [0.4, 0.5) is 4.79 Å². The predicted octanol–water partition coefficient (Wildman–Crippen LogP) is 0.559. The molecule has 0 aliphatic carbocycles. The number of carbonyl (C=O) groups excluding carboxylic acids is 1. The highest BCUT2D eigenvalue weighted by molar-refractivity contribution is 5.73. The molecule has 98 valence electrons. The molecular weight excluding hydrogens is 218 g/mol. The number of fused-ring (bicyclic) bond motifs is 1. The standard InChI is InChI=1S/C12H23N3O2/c1-2-5-13-12(16)14-7-11-8-15-6-3-4-10(15)9-17-11/h10-11H,2-9H2,1H3,(H2,13,14,16). The molecule has 0 aromatic rings. The van der Waals surface area contributed by atoms with Crippen LogP contribution in [0.1, 0.15) is 26.2 Å². The number of rotatable bonds is 4. The molecule has 2 aliphatic rings. The molecule has 2 amide bonds. The van der Waals surface area contributed by atoms with Gasteiger partial charge in [-0.05, 0) is 25.8 Å². The fraction of sp³-hybridized carbons (Fsp3) is 0.917. The summed E-state index contributed by atoms with van der Waals surface area (Å²) in [7, 11) is 0. The Hall–Kier alpha value is -0.810. The normalized spacial score (nSPS) is 28.8. The van der Waals surface area contributed by atoms with Gasteiger partial charge < -0.3 is 15.4 Å². The molecule has 2 heterocycles. The molecule has 5 heteroatoms. The van der Waals surface area contributed by atoms with Crippen LogP contribution < -0.4 is 10.6 Å². The largest absolute Gasteiger partial charge is 0.373 e. The van der Waals surface area contributed by atoms with Crippen molar-refractivity contribution in [1.29, 1.82) is 0 Å². The van der Waals surface area contributed by atoms with E-state index in [9.17, 15) is 4.79 Å². The Balaban J connectivity index is 1.64. The third-order valence-corrected chi connectivity index (χ3v) is 3.49. The number of hydrogen-bond acceptors (Lipinski definition) is 3. The van der Waals surface area contributed by atoms with Gasteiger partial charge in [0, 0.05) is 25.7 Å². The average molecular weight is 241 g/mol. The van der Waals surface area contributed by atoms with E-state index in [1.54, 1.807) is 0 Å². The Bertz CT molecular complexity index is 260. The van der Waals surface area contributed by atoms with Crippen molar-refractivity contribution in [1.82, 2.24) is 15.5 Å². The second kappa shape index (κ2) is 6.21. The smallest absolute Gasteiger partial charge is 0.314 e. The summed E-state index contributed by atoms with van der Waals surface area (Å²) in [6, 6.07) is 0.541. The highest BCUT2D eigenvalue weighted by atomic mass is 16.5. The Kier molecular flexibility index (Phi) is 4.62. The number of urea groups is 1. The lowest BCUT2D eigenvalue weighted by Crippen LogP contribution is -2.51. The zero-order valence-electron chi connectivity index (χ0n) is 10.6. The van der Waals surface area contributed by atoms with Crippen molar-refractivity contribution in [2.75, 3.05) is 32.8 Å². The van der Waals surface area contributed by atoms with Crippen LogP contribution in [0.25, 0.3) is 0 Å². The molecule has 2 fully saturated rings. The SMILES string of the molecule is CCCNC(=O)NCC1CN2CCCC2CO1. The fourth-order valence-electron chi connectivity index (χ4n) is 2.52. The molecule has 2 N–H and O–H groups in total. The zero-order chi connectivity index (χ0) is 12.1. The van der Waals surface area contributed by atoms with E-state index in [0.717, 1.165) is 26.1 Å². The molecule has 0 bridgehead atoms. The molecular formula is C12H23N3O2. The third kappa shape index (κ3) is 3.57. The van der Waals surface area contributed by atoms with Gasteiger partial charge >= 0.3 is 6.03 Å². The predicted molar refractivity (Wildman–Crippen MR) is 66.0 cm³/mol. The van der Waals surface area contributed by atoms with Crippen LogP contribution in [-0.4, -0.2) is 55.9 Å². The minimum atomic E-state index is -0.0843. The minimum Gasteiger partial charge on any atom is -0.373 e. The fourth-order valence-corrected chi connectivity index (χ4v) is 2.52. The van der Waals surface area contributed by atoms with Gasteiger partial charge in [0.25, 0.3) is 0 Å². The molecule has 0 saturated carbocycles. The Labute approximate surface area is 103 Å². The highest BCUT2D eigenvalue weighted by Crippen LogP contribution is 2.22. The van der Waals surface area contributed by atoms with Gasteiger partial charge in [0.2, 0.25) is 0 Å². The average Bonchev–Trinajstić information content (AvgIpc) is 2.81. The van der Waals surface area contributed by atoms with Gasteiger partial charge in [0.05, 0.1) is 12.7 Å². The summed E-state index contributed by atoms with van der Waals surface area (Å²) < 4.78 is 5.76. The summed E-state index contributed by atoms with van der Waals surface area (Å²) in [5, 5.41) is 5.66. The number of ether oxygens (including phenoxy) is 1. The van der Waals surface area contributed by atoms with Crippen molar-refractivity contribution in [3.8, 4) is 0 Å². The van der Waals surface area contributed by atoms with E-state index in [2.05, 4.69) is 15.5 Å². The van der Waals surface area contributed by atoms with Crippen LogP contribution in [0.5, 0.6) is 0 Å². The number of hydrogen-bond donors (Lipinski definition) is 2. The van der Waals surface area contributed by atoms with Crippen LogP contribution in [0, 0.1) is 0 Å². The van der Waals surface area contributed by atoms with Crippen LogP contribution in [-0.2, 0) is 4.74 Å². The number of amides is 2. The van der Waals surface area contributed by atoms with Crippen LogP contribution in [0.15, 0.2) is 0 Å². The number of carbonyl (C=O) groups is 1. The van der Waals surface area contributed by atoms with Gasteiger partial charge in [-0.25, -0.2) is 4.79 Å². The molecule has 0 aromatic heterocycles. The lowest BCUT2D eigenvalue weighted by Gasteiger charge is -2.35. The Morgan fingerprint density at radius 1 is 1.47 bits per heavy atom. The second-order valence-corrected chi connectivity index (χ2v) is 4.88. The first-order chi connectivity index (χ1) is 8.29. The van der Waals surface area contributed by atoms with E-state index >= 15 is 0 Å². The lowest BCUT2D eigenvalue weighted by atomic mass is 10.2. The first-order valence-corrected chi connectivity index (χ1v) is 6.67. The summed E-state index contributed by atoms with van der Waals surface area (Å²) in [4.78, 5) is 13.9. The molecule has 2 rings (SSSR count). The summed E-state index contributed by atoms with van der Waals surface area (Å²) in [6.45, 7) is 6.34. The topological polar surface area (TPSA) is 53.6 Å². The van der Waals surface area contributed by atoms with Gasteiger partial charge in [-0.2, -0.15) is 0 Å². The molecule has 2 atom stereocenters. The van der Waals surface area contributed by atoms with Crippen LogP contribution in [0.2, 0.25) is 0 Å². The number of nitrogens with one attached hydrogen (secondary N) is 2. The van der Waals surface area contributed by atoms with Gasteiger partial charge in [-0.3, -0.25) is 4.90 Å². The maximum Gasteiger partial charge on any atom is 0.314 e. The Morgan fingerprint density at radius 2 is 2.35 bits per heavy atom. The maximum atomic E-state index is 11.4. The van der Waals surface area contributed by atoms with Crippen molar-refractivity contribution < 1.29 is 9.53 Å². The van der Waals surface area contributed by atoms with Gasteiger partial charge in [-0.15, -0.1) is 0 Å². The molecule has 0 aromatic carbocycles. The van der Waals surface area contributed by atoms with Crippen molar-refractivity contribution in [2.24, 2.45) is 0 Å². The van der Waals surface area contributed by atoms with E-state index in [1.807, 2.05) is 6.92 Å². The van der Waals surface area contributed by atoms with E-state index in [4.69, 9.17) is 4.74 Å². The van der Waals surface area contributed by atoms with Crippen molar-refractivity contribution in [3.05, 3.63) is 0 Å². The minimum absolute atomic E-state index is 0.0843. The van der Waals surface area contributed by atoms with Crippen LogP contribution >= 0.6 is 0 Å². The van der Waals surface area contributed by atoms with E-state index in [0.29, 0.717) is 12.6 Å². The molecule has 2 aliphatic heterocycles. The monoisotopic (exact) mass is 241 g/mol. The van der Waals surface area contributed by atoms with Crippen molar-refractivity contribution in [3.63, 3.8) is 0 Å². The number of nitrogens with zero attached hydrogens (tertiary/aromatic N) is 1. The van der Waals surface area contributed by atoms with Crippen molar-refractivity contribution >= 4 is 6.03 Å². The third-order valence-electron chi connectivity index (χ3n) is 3.49. The lowest BCUT2D eigenvalue weighted by molar-refractivity contribution is -0.0457. The van der Waals surface area contributed by atoms with Crippen molar-refractivity contribution in [2.45, 2.75) is 38.3 Å². The summed E-state index contributed by atoms with van der Waals surface area (Å²) in [5.41, 5.74) is 0. The van der Waals surface area contributed by atoms with Gasteiger partial charge in [-0.1, -0.05) is 6.92 Å². The second-order valence-electron chi connectivity index (χ2n) is 4.88. The van der Waals surface area contributed by atoms with E-state index in [1.165, 1.54) is 19.4 Å². The Morgan fingerprint density at radius 3 is 3.18 bits per heavy atom. The highest BCUT2D eigenvalue weighted by Gasteiger charge is 2.32. The molecule has 5 nitrogen and oxygen atoms in total. The maximum absolute atomic E-state index is 11.4. The molecule has 2 saturated heterocycles.